The fourth-order valence-corrected chi connectivity index (χ4v) is 2.39. The number of hydrogen-bond donors (Lipinski definition) is 2. The Kier molecular flexibility index (Phi) is 3.48. The van der Waals surface area contributed by atoms with Crippen LogP contribution in [-0.4, -0.2) is 18.6 Å². The van der Waals surface area contributed by atoms with Gasteiger partial charge in [-0.15, -0.1) is 0 Å². The molecule has 0 saturated heterocycles. The molecule has 108 valence electrons. The highest BCUT2D eigenvalue weighted by atomic mass is 19.1. The summed E-state index contributed by atoms with van der Waals surface area (Å²) in [6.45, 7) is 0.321. The van der Waals surface area contributed by atoms with Crippen LogP contribution in [0.4, 0.5) is 10.1 Å². The van der Waals surface area contributed by atoms with E-state index in [-0.39, 0.29) is 11.7 Å². The summed E-state index contributed by atoms with van der Waals surface area (Å²) in [5.74, 6) is -0.233. The molecule has 21 heavy (non-hydrogen) atoms. The average molecular weight is 286 g/mol. The van der Waals surface area contributed by atoms with Crippen molar-refractivity contribution in [2.45, 2.75) is 12.5 Å². The maximum atomic E-state index is 13.6. The molecule has 1 atom stereocenters. The minimum absolute atomic E-state index is 0.0505. The summed E-state index contributed by atoms with van der Waals surface area (Å²) >= 11 is 0. The number of anilines is 1. The van der Waals surface area contributed by atoms with Gasteiger partial charge in [-0.25, -0.2) is 4.39 Å². The molecule has 3 rings (SSSR count). The molecule has 2 aromatic carbocycles. The lowest BCUT2D eigenvalue weighted by Gasteiger charge is -2.12. The number of carbonyl (C=O) groups is 1. The summed E-state index contributed by atoms with van der Waals surface area (Å²) in [5, 5.41) is 2.68. The van der Waals surface area contributed by atoms with Crippen LogP contribution in [0.1, 0.15) is 15.9 Å². The maximum Gasteiger partial charge on any atom is 0.254 e. The second kappa shape index (κ2) is 5.44. The number of fused-ring (bicyclic) bond motifs is 1. The minimum atomic E-state index is -0.586. The van der Waals surface area contributed by atoms with E-state index in [9.17, 15) is 9.18 Å². The third-order valence-corrected chi connectivity index (χ3v) is 3.44. The predicted octanol–water partition coefficient (Wildman–Crippen LogP) is 2.14. The molecule has 1 unspecified atom stereocenters. The summed E-state index contributed by atoms with van der Waals surface area (Å²) in [6.07, 6.45) is 0.603. The van der Waals surface area contributed by atoms with E-state index in [2.05, 4.69) is 5.32 Å². The van der Waals surface area contributed by atoms with Crippen molar-refractivity contribution in [3.8, 4) is 5.75 Å². The first-order valence-corrected chi connectivity index (χ1v) is 6.71. The Bertz CT molecular complexity index is 663. The maximum absolute atomic E-state index is 13.6. The van der Waals surface area contributed by atoms with Gasteiger partial charge in [0.25, 0.3) is 5.91 Å². The summed E-state index contributed by atoms with van der Waals surface area (Å²) in [6, 6.07) is 11.7. The molecule has 0 fully saturated rings. The van der Waals surface area contributed by atoms with Crippen LogP contribution in [-0.2, 0) is 6.42 Å². The predicted molar refractivity (Wildman–Crippen MR) is 77.7 cm³/mol. The highest BCUT2D eigenvalue weighted by Crippen LogP contribution is 2.27. The monoisotopic (exact) mass is 286 g/mol. The fraction of sp³-hybridized carbons (Fsp3) is 0.188. The number of ether oxygens (including phenoxy) is 1. The third-order valence-electron chi connectivity index (χ3n) is 3.44. The van der Waals surface area contributed by atoms with Crippen molar-refractivity contribution >= 4 is 11.6 Å². The van der Waals surface area contributed by atoms with Crippen molar-refractivity contribution in [1.82, 2.24) is 5.32 Å². The largest absolute Gasteiger partial charge is 0.488 e. The van der Waals surface area contributed by atoms with Crippen molar-refractivity contribution in [2.24, 2.45) is 0 Å². The van der Waals surface area contributed by atoms with E-state index >= 15 is 0 Å². The molecule has 0 radical (unpaired) electrons. The van der Waals surface area contributed by atoms with Gasteiger partial charge in [-0.1, -0.05) is 18.2 Å². The van der Waals surface area contributed by atoms with E-state index < -0.39 is 11.7 Å². The van der Waals surface area contributed by atoms with Gasteiger partial charge < -0.3 is 15.8 Å². The van der Waals surface area contributed by atoms with Gasteiger partial charge >= 0.3 is 0 Å². The van der Waals surface area contributed by atoms with Gasteiger partial charge in [0.2, 0.25) is 0 Å². The molecule has 4 nitrogen and oxygen atoms in total. The molecule has 1 heterocycles. The van der Waals surface area contributed by atoms with Crippen LogP contribution in [0.25, 0.3) is 0 Å². The van der Waals surface area contributed by atoms with Gasteiger partial charge in [-0.05, 0) is 29.8 Å². The molecule has 2 aromatic rings. The first-order valence-electron chi connectivity index (χ1n) is 6.71. The minimum Gasteiger partial charge on any atom is -0.488 e. The molecule has 1 amide bonds. The molecule has 0 spiro atoms. The lowest BCUT2D eigenvalue weighted by atomic mass is 10.1. The van der Waals surface area contributed by atoms with Gasteiger partial charge in [0.05, 0.1) is 12.1 Å². The van der Waals surface area contributed by atoms with Gasteiger partial charge in [-0.2, -0.15) is 0 Å². The van der Waals surface area contributed by atoms with Crippen molar-refractivity contribution < 1.29 is 13.9 Å². The van der Waals surface area contributed by atoms with Crippen molar-refractivity contribution in [3.63, 3.8) is 0 Å². The molecule has 0 aliphatic carbocycles. The lowest BCUT2D eigenvalue weighted by molar-refractivity contribution is 0.0929. The summed E-state index contributed by atoms with van der Waals surface area (Å²) in [7, 11) is 0. The zero-order valence-electron chi connectivity index (χ0n) is 11.3. The van der Waals surface area contributed by atoms with Crippen LogP contribution >= 0.6 is 0 Å². The number of carbonyl (C=O) groups excluding carboxylic acids is 1. The van der Waals surface area contributed by atoms with Crippen molar-refractivity contribution in [3.05, 3.63) is 59.4 Å². The number of hydrogen-bond acceptors (Lipinski definition) is 3. The Balaban J connectivity index is 1.61. The third kappa shape index (κ3) is 2.81. The van der Waals surface area contributed by atoms with Gasteiger partial charge in [-0.3, -0.25) is 4.79 Å². The van der Waals surface area contributed by atoms with Crippen LogP contribution in [0.15, 0.2) is 42.5 Å². The molecule has 0 bridgehead atoms. The second-order valence-corrected chi connectivity index (χ2v) is 5.00. The SMILES string of the molecule is Nc1ccc(F)c(C(=O)NCC2Cc3ccccc3O2)c1. The zero-order chi connectivity index (χ0) is 14.8. The lowest BCUT2D eigenvalue weighted by Crippen LogP contribution is -2.34. The quantitative estimate of drug-likeness (QED) is 0.850. The van der Waals surface area contributed by atoms with E-state index in [4.69, 9.17) is 10.5 Å². The molecule has 1 aliphatic heterocycles. The standard InChI is InChI=1S/C16H15FN2O2/c17-14-6-5-11(18)8-13(14)16(20)19-9-12-7-10-3-1-2-4-15(10)21-12/h1-6,8,12H,7,9,18H2,(H,19,20). The number of nitrogen functional groups attached to an aromatic ring is 1. The second-order valence-electron chi connectivity index (χ2n) is 5.00. The Morgan fingerprint density at radius 3 is 2.95 bits per heavy atom. The number of amides is 1. The van der Waals surface area contributed by atoms with Crippen LogP contribution in [0.2, 0.25) is 0 Å². The summed E-state index contributed by atoms with van der Waals surface area (Å²) < 4.78 is 19.3. The summed E-state index contributed by atoms with van der Waals surface area (Å²) in [4.78, 5) is 12.0. The molecular weight excluding hydrogens is 271 g/mol. The fourth-order valence-electron chi connectivity index (χ4n) is 2.39. The van der Waals surface area contributed by atoms with Crippen LogP contribution in [0.5, 0.6) is 5.75 Å². The highest BCUT2D eigenvalue weighted by Gasteiger charge is 2.23. The first kappa shape index (κ1) is 13.4. The van der Waals surface area contributed by atoms with Gasteiger partial charge in [0.1, 0.15) is 17.7 Å². The van der Waals surface area contributed by atoms with E-state index in [1.807, 2.05) is 24.3 Å². The first-order chi connectivity index (χ1) is 10.1. The van der Waals surface area contributed by atoms with E-state index in [1.54, 1.807) is 0 Å². The highest BCUT2D eigenvalue weighted by molar-refractivity contribution is 5.95. The number of nitrogens with one attached hydrogen (secondary N) is 1. The van der Waals surface area contributed by atoms with Crippen LogP contribution < -0.4 is 15.8 Å². The Morgan fingerprint density at radius 2 is 2.14 bits per heavy atom. The smallest absolute Gasteiger partial charge is 0.254 e. The number of benzene rings is 2. The number of nitrogens with two attached hydrogens (primary N) is 1. The van der Waals surface area contributed by atoms with E-state index in [0.717, 1.165) is 17.7 Å². The number of para-hydroxylation sites is 1. The number of rotatable bonds is 3. The Morgan fingerprint density at radius 1 is 1.33 bits per heavy atom. The molecule has 5 heteroatoms. The normalized spacial score (nSPS) is 16.1. The molecule has 3 N–H and O–H groups in total. The van der Waals surface area contributed by atoms with Crippen LogP contribution in [0.3, 0.4) is 0 Å². The van der Waals surface area contributed by atoms with Gasteiger partial charge in [0.15, 0.2) is 0 Å². The van der Waals surface area contributed by atoms with Crippen molar-refractivity contribution in [1.29, 1.82) is 0 Å². The van der Waals surface area contributed by atoms with E-state index in [0.29, 0.717) is 12.2 Å². The molecule has 0 aromatic heterocycles. The molecular formula is C16H15FN2O2. The van der Waals surface area contributed by atoms with Crippen molar-refractivity contribution in [2.75, 3.05) is 12.3 Å². The van der Waals surface area contributed by atoms with Gasteiger partial charge in [0, 0.05) is 12.1 Å². The summed E-state index contributed by atoms with van der Waals surface area (Å²) in [5.41, 5.74) is 6.99. The number of halogens is 1. The van der Waals surface area contributed by atoms with Crippen LogP contribution in [0, 0.1) is 5.82 Å². The van der Waals surface area contributed by atoms with E-state index in [1.165, 1.54) is 18.2 Å². The molecule has 1 aliphatic rings. The zero-order valence-corrected chi connectivity index (χ0v) is 11.3. The topological polar surface area (TPSA) is 64.4 Å². The average Bonchev–Trinajstić information content (AvgIpc) is 2.90. The Hall–Kier alpha value is -2.56. The Labute approximate surface area is 121 Å². The molecule has 0 saturated carbocycles.